The van der Waals surface area contributed by atoms with Gasteiger partial charge >= 0.3 is 6.18 Å². The minimum atomic E-state index is -4.62. The molecule has 0 aromatic heterocycles. The SMILES string of the molecule is Cc1ccc(N(C(C)C(=O)Nc2cc(C(F)(F)F)ccc2Cl)S(C)(=O)=O)cc1C. The van der Waals surface area contributed by atoms with E-state index < -0.39 is 33.7 Å². The number of benzene rings is 2. The molecule has 0 aliphatic rings. The molecule has 1 N–H and O–H groups in total. The van der Waals surface area contributed by atoms with Crippen LogP contribution >= 0.6 is 11.6 Å². The van der Waals surface area contributed by atoms with E-state index in [-0.39, 0.29) is 16.4 Å². The number of carbonyl (C=O) groups is 1. The van der Waals surface area contributed by atoms with E-state index in [9.17, 15) is 26.4 Å². The average Bonchev–Trinajstić information content (AvgIpc) is 2.57. The van der Waals surface area contributed by atoms with Gasteiger partial charge in [0.1, 0.15) is 6.04 Å². The quantitative estimate of drug-likeness (QED) is 0.716. The van der Waals surface area contributed by atoms with Crippen molar-refractivity contribution in [1.29, 1.82) is 0 Å². The Bertz CT molecular complexity index is 1040. The molecule has 0 saturated heterocycles. The highest BCUT2D eigenvalue weighted by atomic mass is 35.5. The molecule has 0 bridgehead atoms. The van der Waals surface area contributed by atoms with Crippen molar-refractivity contribution in [1.82, 2.24) is 0 Å². The molecule has 1 unspecified atom stereocenters. The van der Waals surface area contributed by atoms with Crippen LogP contribution < -0.4 is 9.62 Å². The molecule has 0 fully saturated rings. The summed E-state index contributed by atoms with van der Waals surface area (Å²) in [4.78, 5) is 12.7. The zero-order valence-electron chi connectivity index (χ0n) is 16.1. The molecular weight excluding hydrogens is 429 g/mol. The molecular formula is C19H20ClF3N2O3S. The van der Waals surface area contributed by atoms with Crippen molar-refractivity contribution < 1.29 is 26.4 Å². The van der Waals surface area contributed by atoms with Crippen molar-refractivity contribution in [2.45, 2.75) is 33.0 Å². The molecule has 1 atom stereocenters. The third-order valence-electron chi connectivity index (χ3n) is 4.39. The summed E-state index contributed by atoms with van der Waals surface area (Å²) in [5, 5.41) is 2.19. The van der Waals surface area contributed by atoms with Crippen LogP contribution in [0.4, 0.5) is 24.5 Å². The Balaban J connectivity index is 2.39. The maximum absolute atomic E-state index is 12.9. The molecule has 10 heteroatoms. The van der Waals surface area contributed by atoms with Crippen molar-refractivity contribution in [3.63, 3.8) is 0 Å². The summed E-state index contributed by atoms with van der Waals surface area (Å²) in [6.45, 7) is 5.00. The fraction of sp³-hybridized carbons (Fsp3) is 0.316. The Labute approximate surface area is 172 Å². The first kappa shape index (κ1) is 23.0. The van der Waals surface area contributed by atoms with Crippen LogP contribution in [0.25, 0.3) is 0 Å². The third kappa shape index (κ3) is 5.42. The van der Waals surface area contributed by atoms with Gasteiger partial charge in [0.05, 0.1) is 28.2 Å². The second-order valence-electron chi connectivity index (χ2n) is 6.68. The van der Waals surface area contributed by atoms with E-state index in [0.717, 1.165) is 33.8 Å². The number of anilines is 2. The van der Waals surface area contributed by atoms with E-state index in [1.165, 1.54) is 6.92 Å². The predicted molar refractivity (Wildman–Crippen MR) is 108 cm³/mol. The lowest BCUT2D eigenvalue weighted by atomic mass is 10.1. The van der Waals surface area contributed by atoms with E-state index in [1.54, 1.807) is 25.1 Å². The van der Waals surface area contributed by atoms with Crippen LogP contribution in [0.3, 0.4) is 0 Å². The monoisotopic (exact) mass is 448 g/mol. The molecule has 0 saturated carbocycles. The lowest BCUT2D eigenvalue weighted by Gasteiger charge is -2.29. The Morgan fingerprint density at radius 3 is 2.24 bits per heavy atom. The maximum Gasteiger partial charge on any atom is 0.416 e. The number of aryl methyl sites for hydroxylation is 2. The zero-order chi connectivity index (χ0) is 22.1. The average molecular weight is 449 g/mol. The van der Waals surface area contributed by atoms with Gasteiger partial charge in [0.2, 0.25) is 15.9 Å². The second kappa shape index (κ2) is 8.23. The number of alkyl halides is 3. The Hall–Kier alpha value is -2.26. The lowest BCUT2D eigenvalue weighted by molar-refractivity contribution is -0.137. The number of hydrogen-bond acceptors (Lipinski definition) is 3. The van der Waals surface area contributed by atoms with Crippen LogP contribution in [0, 0.1) is 13.8 Å². The number of carbonyl (C=O) groups excluding carboxylic acids is 1. The molecule has 0 spiro atoms. The highest BCUT2D eigenvalue weighted by molar-refractivity contribution is 7.92. The maximum atomic E-state index is 12.9. The summed E-state index contributed by atoms with van der Waals surface area (Å²) < 4.78 is 64.4. The molecule has 2 rings (SSSR count). The number of halogens is 4. The molecule has 29 heavy (non-hydrogen) atoms. The topological polar surface area (TPSA) is 66.5 Å². The van der Waals surface area contributed by atoms with Crippen molar-refractivity contribution in [2.75, 3.05) is 15.9 Å². The number of nitrogens with zero attached hydrogens (tertiary/aromatic N) is 1. The van der Waals surface area contributed by atoms with Crippen LogP contribution in [-0.2, 0) is 21.0 Å². The summed E-state index contributed by atoms with van der Waals surface area (Å²) in [5.74, 6) is -0.824. The largest absolute Gasteiger partial charge is 0.416 e. The first-order valence-electron chi connectivity index (χ1n) is 8.46. The number of nitrogens with one attached hydrogen (secondary N) is 1. The number of amides is 1. The van der Waals surface area contributed by atoms with E-state index in [2.05, 4.69) is 5.32 Å². The summed E-state index contributed by atoms with van der Waals surface area (Å²) in [7, 11) is -3.87. The Morgan fingerprint density at radius 2 is 1.72 bits per heavy atom. The fourth-order valence-electron chi connectivity index (χ4n) is 2.71. The van der Waals surface area contributed by atoms with E-state index in [4.69, 9.17) is 11.6 Å². The summed E-state index contributed by atoms with van der Waals surface area (Å²) in [5.41, 5.74) is 0.791. The van der Waals surface area contributed by atoms with Crippen molar-refractivity contribution >= 4 is 38.9 Å². The van der Waals surface area contributed by atoms with Crippen LogP contribution in [0.15, 0.2) is 36.4 Å². The van der Waals surface area contributed by atoms with Gasteiger partial charge in [-0.3, -0.25) is 9.10 Å². The van der Waals surface area contributed by atoms with E-state index >= 15 is 0 Å². The number of hydrogen-bond donors (Lipinski definition) is 1. The molecule has 0 heterocycles. The summed E-state index contributed by atoms with van der Waals surface area (Å²) >= 11 is 5.91. The third-order valence-corrected chi connectivity index (χ3v) is 5.96. The van der Waals surface area contributed by atoms with Crippen molar-refractivity contribution in [3.8, 4) is 0 Å². The minimum Gasteiger partial charge on any atom is -0.323 e. The normalized spacial score (nSPS) is 13.1. The van der Waals surface area contributed by atoms with Crippen molar-refractivity contribution in [2.24, 2.45) is 0 Å². The van der Waals surface area contributed by atoms with Crippen LogP contribution in [0.1, 0.15) is 23.6 Å². The van der Waals surface area contributed by atoms with Gasteiger partial charge in [-0.05, 0) is 62.2 Å². The van der Waals surface area contributed by atoms with Gasteiger partial charge in [0, 0.05) is 0 Å². The van der Waals surface area contributed by atoms with Gasteiger partial charge in [-0.2, -0.15) is 13.2 Å². The number of rotatable bonds is 5. The molecule has 5 nitrogen and oxygen atoms in total. The van der Waals surface area contributed by atoms with E-state index in [0.29, 0.717) is 6.07 Å². The fourth-order valence-corrected chi connectivity index (χ4v) is 4.04. The highest BCUT2D eigenvalue weighted by Gasteiger charge is 2.32. The smallest absolute Gasteiger partial charge is 0.323 e. The summed E-state index contributed by atoms with van der Waals surface area (Å²) in [6.07, 6.45) is -3.67. The molecule has 1 amide bonds. The standard InChI is InChI=1S/C19H20ClF3N2O3S/c1-11-5-7-15(9-12(11)2)25(29(4,27)28)13(3)18(26)24-17-10-14(19(21,22)23)6-8-16(17)20/h5-10,13H,1-4H3,(H,24,26). The minimum absolute atomic E-state index is 0.101. The molecule has 2 aromatic rings. The summed E-state index contributed by atoms with van der Waals surface area (Å²) in [6, 6.07) is 6.17. The zero-order valence-corrected chi connectivity index (χ0v) is 17.7. The van der Waals surface area contributed by atoms with Crippen LogP contribution in [-0.4, -0.2) is 26.6 Å². The van der Waals surface area contributed by atoms with Gasteiger partial charge in [-0.1, -0.05) is 17.7 Å². The molecule has 2 aromatic carbocycles. The lowest BCUT2D eigenvalue weighted by Crippen LogP contribution is -2.45. The van der Waals surface area contributed by atoms with Crippen LogP contribution in [0.2, 0.25) is 5.02 Å². The van der Waals surface area contributed by atoms with Crippen molar-refractivity contribution in [3.05, 3.63) is 58.1 Å². The first-order valence-corrected chi connectivity index (χ1v) is 10.7. The van der Waals surface area contributed by atoms with Gasteiger partial charge in [-0.25, -0.2) is 8.42 Å². The Morgan fingerprint density at radius 1 is 1.10 bits per heavy atom. The second-order valence-corrected chi connectivity index (χ2v) is 8.95. The predicted octanol–water partition coefficient (Wildman–Crippen LogP) is 4.77. The van der Waals surface area contributed by atoms with Gasteiger partial charge < -0.3 is 5.32 Å². The van der Waals surface area contributed by atoms with Gasteiger partial charge in [0.25, 0.3) is 0 Å². The Kier molecular flexibility index (Phi) is 6.54. The van der Waals surface area contributed by atoms with Gasteiger partial charge in [-0.15, -0.1) is 0 Å². The van der Waals surface area contributed by atoms with E-state index in [1.807, 2.05) is 6.92 Å². The first-order chi connectivity index (χ1) is 13.2. The van der Waals surface area contributed by atoms with Gasteiger partial charge in [0.15, 0.2) is 0 Å². The van der Waals surface area contributed by atoms with Crippen LogP contribution in [0.5, 0.6) is 0 Å². The molecule has 158 valence electrons. The highest BCUT2D eigenvalue weighted by Crippen LogP contribution is 2.34. The number of sulfonamides is 1. The molecule has 0 aliphatic carbocycles. The molecule has 0 aliphatic heterocycles. The molecule has 0 radical (unpaired) electrons.